The average Bonchev–Trinajstić information content (AvgIpc) is 2.75. The van der Waals surface area contributed by atoms with Crippen LogP contribution in [0.3, 0.4) is 0 Å². The van der Waals surface area contributed by atoms with Crippen molar-refractivity contribution in [2.75, 3.05) is 6.54 Å². The van der Waals surface area contributed by atoms with Crippen LogP contribution in [-0.4, -0.2) is 33.3 Å². The van der Waals surface area contributed by atoms with E-state index < -0.39 is 48.5 Å². The van der Waals surface area contributed by atoms with Crippen molar-refractivity contribution in [1.29, 1.82) is 0 Å². The fraction of sp³-hybridized carbons (Fsp3) is 0.182. The smallest absolute Gasteiger partial charge is 0.206 e. The van der Waals surface area contributed by atoms with Gasteiger partial charge in [-0.25, -0.2) is 16.8 Å². The highest BCUT2D eigenvalue weighted by Crippen LogP contribution is 2.41. The predicted octanol–water partition coefficient (Wildman–Crippen LogP) is 5.48. The zero-order valence-corrected chi connectivity index (χ0v) is 20.4. The van der Waals surface area contributed by atoms with Gasteiger partial charge in [-0.2, -0.15) is 13.2 Å². The molecule has 3 aromatic carbocycles. The van der Waals surface area contributed by atoms with Gasteiger partial charge >= 0.3 is 6.18 Å². The Labute approximate surface area is 199 Å². The highest BCUT2D eigenvalue weighted by Gasteiger charge is 2.48. The summed E-state index contributed by atoms with van der Waals surface area (Å²) in [6.07, 6.45) is -4.94. The van der Waals surface area contributed by atoms with Crippen LogP contribution in [0, 0.1) is 6.92 Å². The molecular weight excluding hydrogens is 543 g/mol. The van der Waals surface area contributed by atoms with Crippen molar-refractivity contribution in [2.45, 2.75) is 28.8 Å². The highest BCUT2D eigenvalue weighted by atomic mass is 79.9. The Balaban J connectivity index is 2.22. The van der Waals surface area contributed by atoms with Crippen LogP contribution in [0.25, 0.3) is 0 Å². The molecule has 176 valence electrons. The minimum Gasteiger partial charge on any atom is -0.206 e. The zero-order chi connectivity index (χ0) is 24.4. The SMILES string of the molecule is Cc1ccc(C(CN(S(=O)(=O)c2ccccc2)S(=O)(=O)c2ccccc2)C(F)(F)F)c(Br)c1. The maximum Gasteiger partial charge on any atom is 0.397 e. The third-order valence-corrected chi connectivity index (χ3v) is 9.85. The van der Waals surface area contributed by atoms with E-state index in [4.69, 9.17) is 0 Å². The lowest BCUT2D eigenvalue weighted by atomic mass is 9.98. The lowest BCUT2D eigenvalue weighted by Gasteiger charge is -2.29. The van der Waals surface area contributed by atoms with Crippen LogP contribution in [0.1, 0.15) is 17.0 Å². The van der Waals surface area contributed by atoms with Crippen molar-refractivity contribution >= 4 is 36.0 Å². The number of benzene rings is 3. The molecule has 33 heavy (non-hydrogen) atoms. The minimum atomic E-state index is -4.94. The van der Waals surface area contributed by atoms with E-state index in [9.17, 15) is 30.0 Å². The summed E-state index contributed by atoms with van der Waals surface area (Å²) in [5.41, 5.74) is 0.404. The topological polar surface area (TPSA) is 71.5 Å². The van der Waals surface area contributed by atoms with Crippen molar-refractivity contribution in [3.05, 3.63) is 94.5 Å². The fourth-order valence-electron chi connectivity index (χ4n) is 3.19. The molecule has 0 aliphatic rings. The van der Waals surface area contributed by atoms with Crippen LogP contribution in [0.5, 0.6) is 0 Å². The van der Waals surface area contributed by atoms with Gasteiger partial charge in [-0.15, -0.1) is 0 Å². The van der Waals surface area contributed by atoms with E-state index in [1.165, 1.54) is 54.6 Å². The Bertz CT molecular complexity index is 1260. The standard InChI is InChI=1S/C22H19BrF3NO4S2/c1-16-12-13-19(21(23)14-16)20(22(24,25)26)15-27(32(28,29)17-8-4-2-5-9-17)33(30,31)18-10-6-3-7-11-18/h2-14,20H,15H2,1H3. The Morgan fingerprint density at radius 3 is 1.67 bits per heavy atom. The molecule has 11 heteroatoms. The third-order valence-electron chi connectivity index (χ3n) is 4.88. The van der Waals surface area contributed by atoms with Gasteiger partial charge in [0.2, 0.25) is 0 Å². The second-order valence-electron chi connectivity index (χ2n) is 7.21. The first-order valence-electron chi connectivity index (χ1n) is 9.56. The van der Waals surface area contributed by atoms with Gasteiger partial charge in [0.25, 0.3) is 20.0 Å². The molecule has 1 unspecified atom stereocenters. The summed E-state index contributed by atoms with van der Waals surface area (Å²) in [5.74, 6) is -2.41. The molecule has 0 amide bonds. The third kappa shape index (κ3) is 5.48. The highest BCUT2D eigenvalue weighted by molar-refractivity contribution is 9.10. The molecule has 0 saturated heterocycles. The molecule has 0 aliphatic heterocycles. The molecule has 3 aromatic rings. The van der Waals surface area contributed by atoms with Crippen molar-refractivity contribution in [3.8, 4) is 0 Å². The lowest BCUT2D eigenvalue weighted by molar-refractivity contribution is -0.150. The first-order chi connectivity index (χ1) is 15.3. The van der Waals surface area contributed by atoms with Gasteiger partial charge in [-0.1, -0.05) is 68.2 Å². The summed E-state index contributed by atoms with van der Waals surface area (Å²) in [6, 6.07) is 17.1. The van der Waals surface area contributed by atoms with Crippen molar-refractivity contribution in [3.63, 3.8) is 0 Å². The van der Waals surface area contributed by atoms with Gasteiger partial charge < -0.3 is 0 Å². The number of halogens is 4. The van der Waals surface area contributed by atoms with E-state index in [-0.39, 0.29) is 13.7 Å². The number of rotatable bonds is 7. The molecule has 0 spiro atoms. The summed E-state index contributed by atoms with van der Waals surface area (Å²) in [4.78, 5) is -0.873. The normalized spacial score (nSPS) is 13.8. The number of hydrogen-bond donors (Lipinski definition) is 0. The quantitative estimate of drug-likeness (QED) is 0.382. The Morgan fingerprint density at radius 2 is 1.27 bits per heavy atom. The molecule has 0 heterocycles. The maximum absolute atomic E-state index is 14.2. The fourth-order valence-corrected chi connectivity index (χ4v) is 7.67. The average molecular weight is 562 g/mol. The summed E-state index contributed by atoms with van der Waals surface area (Å²) < 4.78 is 96.0. The molecule has 0 N–H and O–H groups in total. The van der Waals surface area contributed by atoms with Crippen molar-refractivity contribution in [2.24, 2.45) is 0 Å². The molecule has 0 aromatic heterocycles. The van der Waals surface area contributed by atoms with Crippen LogP contribution in [0.2, 0.25) is 0 Å². The molecule has 0 bridgehead atoms. The van der Waals surface area contributed by atoms with Crippen molar-refractivity contribution in [1.82, 2.24) is 3.71 Å². The van der Waals surface area contributed by atoms with E-state index in [2.05, 4.69) is 15.9 Å². The lowest BCUT2D eigenvalue weighted by Crippen LogP contribution is -2.42. The summed E-state index contributed by atoms with van der Waals surface area (Å²) in [6.45, 7) is 0.322. The number of aryl methyl sites for hydroxylation is 1. The molecule has 0 aliphatic carbocycles. The van der Waals surface area contributed by atoms with Crippen molar-refractivity contribution < 1.29 is 30.0 Å². The molecule has 5 nitrogen and oxygen atoms in total. The monoisotopic (exact) mass is 561 g/mol. The molecule has 3 rings (SSSR count). The zero-order valence-electron chi connectivity index (χ0n) is 17.2. The second kappa shape index (κ2) is 9.57. The minimum absolute atomic E-state index is 0.0604. The summed E-state index contributed by atoms with van der Waals surface area (Å²) in [7, 11) is -9.72. The number of alkyl halides is 3. The molecular formula is C22H19BrF3NO4S2. The summed E-state index contributed by atoms with van der Waals surface area (Å²) in [5, 5.41) is 0. The number of nitrogens with zero attached hydrogens (tertiary/aromatic N) is 1. The van der Waals surface area contributed by atoms with E-state index in [1.54, 1.807) is 6.92 Å². The van der Waals surface area contributed by atoms with Crippen LogP contribution in [0.4, 0.5) is 13.2 Å². The van der Waals surface area contributed by atoms with Crippen LogP contribution in [0.15, 0.2) is 93.1 Å². The largest absolute Gasteiger partial charge is 0.397 e. The molecule has 1 atom stereocenters. The van der Waals surface area contributed by atoms with Gasteiger partial charge in [-0.3, -0.25) is 0 Å². The van der Waals surface area contributed by atoms with Gasteiger partial charge in [0, 0.05) is 11.0 Å². The van der Waals surface area contributed by atoms with E-state index in [0.29, 0.717) is 5.56 Å². The first-order valence-corrected chi connectivity index (χ1v) is 13.2. The van der Waals surface area contributed by atoms with Gasteiger partial charge in [0.15, 0.2) is 0 Å². The second-order valence-corrected chi connectivity index (χ2v) is 12.0. The van der Waals surface area contributed by atoms with E-state index >= 15 is 0 Å². The Morgan fingerprint density at radius 1 is 0.818 bits per heavy atom. The molecule has 0 fully saturated rings. The number of hydrogen-bond acceptors (Lipinski definition) is 4. The Kier molecular flexibility index (Phi) is 7.37. The van der Waals surface area contributed by atoms with Crippen LogP contribution < -0.4 is 0 Å². The Hall–Kier alpha value is -2.21. The van der Waals surface area contributed by atoms with Crippen LogP contribution >= 0.6 is 15.9 Å². The molecule has 0 saturated carbocycles. The summed E-state index contributed by atoms with van der Waals surface area (Å²) >= 11 is 3.10. The predicted molar refractivity (Wildman–Crippen MR) is 122 cm³/mol. The van der Waals surface area contributed by atoms with Gasteiger partial charge in [-0.05, 0) is 48.4 Å². The number of sulfonamides is 2. The van der Waals surface area contributed by atoms with E-state index in [0.717, 1.165) is 24.3 Å². The van der Waals surface area contributed by atoms with Gasteiger partial charge in [0.05, 0.1) is 15.7 Å². The van der Waals surface area contributed by atoms with Crippen LogP contribution in [-0.2, 0) is 20.0 Å². The molecule has 0 radical (unpaired) electrons. The maximum atomic E-state index is 14.2. The van der Waals surface area contributed by atoms with E-state index in [1.807, 2.05) is 0 Å². The van der Waals surface area contributed by atoms with Gasteiger partial charge in [0.1, 0.15) is 0 Å². The first kappa shape index (κ1) is 25.4.